The average molecular weight is 378 g/mol. The molecular weight excluding hydrogens is 358 g/mol. The molecule has 1 atom stereocenters. The van der Waals surface area contributed by atoms with Gasteiger partial charge in [-0.1, -0.05) is 15.9 Å². The van der Waals surface area contributed by atoms with E-state index in [4.69, 9.17) is 0 Å². The molecule has 1 aliphatic rings. The van der Waals surface area contributed by atoms with Crippen LogP contribution < -0.4 is 5.32 Å². The summed E-state index contributed by atoms with van der Waals surface area (Å²) in [5.74, 6) is 0.797. The number of hydrogen-bond acceptors (Lipinski definition) is 5. The maximum atomic E-state index is 12.6. The first-order valence-corrected chi connectivity index (χ1v) is 8.48. The third-order valence-electron chi connectivity index (χ3n) is 4.14. The quantitative estimate of drug-likeness (QED) is 0.885. The lowest BCUT2D eigenvalue weighted by Crippen LogP contribution is -2.51. The summed E-state index contributed by atoms with van der Waals surface area (Å²) in [6.07, 6.45) is 1.52. The summed E-state index contributed by atoms with van der Waals surface area (Å²) >= 11 is 3.47. The van der Waals surface area contributed by atoms with Crippen molar-refractivity contribution in [2.45, 2.75) is 13.0 Å². The molecule has 0 unspecified atom stereocenters. The number of nitrogens with zero attached hydrogens (tertiary/aromatic N) is 4. The number of carbonyl (C=O) groups excluding carboxylic acids is 1. The van der Waals surface area contributed by atoms with Gasteiger partial charge >= 0.3 is 0 Å². The number of halogens is 1. The van der Waals surface area contributed by atoms with Crippen molar-refractivity contribution >= 4 is 38.6 Å². The van der Waals surface area contributed by atoms with Crippen LogP contribution in [-0.4, -0.2) is 64.9 Å². The lowest BCUT2D eigenvalue weighted by molar-refractivity contribution is -0.133. The molecule has 2 heterocycles. The van der Waals surface area contributed by atoms with E-state index in [1.54, 1.807) is 0 Å². The minimum atomic E-state index is -0.324. The highest BCUT2D eigenvalue weighted by Gasteiger charge is 2.24. The monoisotopic (exact) mass is 377 g/mol. The lowest BCUT2D eigenvalue weighted by atomic mass is 10.2. The lowest BCUT2D eigenvalue weighted by Gasteiger charge is -2.34. The zero-order chi connectivity index (χ0) is 16.4. The van der Waals surface area contributed by atoms with Gasteiger partial charge in [0.2, 0.25) is 5.91 Å². The summed E-state index contributed by atoms with van der Waals surface area (Å²) in [5, 5.41) is 4.15. The van der Waals surface area contributed by atoms with Crippen LogP contribution in [0.3, 0.4) is 0 Å². The fourth-order valence-electron chi connectivity index (χ4n) is 2.71. The first-order chi connectivity index (χ1) is 11.0. The Hall–Kier alpha value is -1.73. The van der Waals surface area contributed by atoms with Crippen LogP contribution in [-0.2, 0) is 4.79 Å². The van der Waals surface area contributed by atoms with Crippen LogP contribution in [0.2, 0.25) is 0 Å². The number of rotatable bonds is 3. The van der Waals surface area contributed by atoms with E-state index in [9.17, 15) is 4.79 Å². The van der Waals surface area contributed by atoms with Gasteiger partial charge in [0, 0.05) is 36.0 Å². The van der Waals surface area contributed by atoms with E-state index in [-0.39, 0.29) is 11.9 Å². The van der Waals surface area contributed by atoms with Gasteiger partial charge < -0.3 is 15.1 Å². The van der Waals surface area contributed by atoms with E-state index in [0.29, 0.717) is 5.82 Å². The number of amides is 1. The highest BCUT2D eigenvalue weighted by Crippen LogP contribution is 2.24. The summed E-state index contributed by atoms with van der Waals surface area (Å²) < 4.78 is 0.959. The van der Waals surface area contributed by atoms with Gasteiger partial charge in [-0.25, -0.2) is 9.97 Å². The zero-order valence-corrected chi connectivity index (χ0v) is 14.9. The first-order valence-electron chi connectivity index (χ1n) is 7.69. The van der Waals surface area contributed by atoms with Crippen molar-refractivity contribution in [3.63, 3.8) is 0 Å². The molecule has 1 aromatic carbocycles. The van der Waals surface area contributed by atoms with E-state index >= 15 is 0 Å². The minimum Gasteiger partial charge on any atom is -0.358 e. The van der Waals surface area contributed by atoms with Crippen LogP contribution in [0.15, 0.2) is 29.0 Å². The number of fused-ring (bicyclic) bond motifs is 1. The Morgan fingerprint density at radius 1 is 1.26 bits per heavy atom. The maximum absolute atomic E-state index is 12.6. The molecule has 1 amide bonds. The highest BCUT2D eigenvalue weighted by atomic mass is 79.9. The van der Waals surface area contributed by atoms with Gasteiger partial charge in [0.25, 0.3) is 0 Å². The number of carbonyl (C=O) groups is 1. The summed E-state index contributed by atoms with van der Waals surface area (Å²) in [4.78, 5) is 25.3. The second-order valence-corrected chi connectivity index (χ2v) is 6.79. The molecule has 2 aromatic rings. The molecule has 1 fully saturated rings. The van der Waals surface area contributed by atoms with Crippen molar-refractivity contribution in [3.8, 4) is 0 Å². The molecule has 1 aromatic heterocycles. The summed E-state index contributed by atoms with van der Waals surface area (Å²) in [7, 11) is 2.08. The van der Waals surface area contributed by atoms with Gasteiger partial charge in [-0.15, -0.1) is 0 Å². The van der Waals surface area contributed by atoms with Crippen molar-refractivity contribution in [2.24, 2.45) is 0 Å². The zero-order valence-electron chi connectivity index (χ0n) is 13.3. The number of aromatic nitrogens is 2. The molecule has 0 bridgehead atoms. The van der Waals surface area contributed by atoms with Crippen LogP contribution in [0.1, 0.15) is 6.92 Å². The number of anilines is 1. The Kier molecular flexibility index (Phi) is 4.77. The standard InChI is InChI=1S/C16H20BrN5O/c1-11(16(23)22-7-5-21(2)6-8-22)20-15-13-9-12(17)3-4-14(13)18-10-19-15/h3-4,9-11H,5-8H2,1-2H3,(H,18,19,20)/t11-/m0/s1. The smallest absolute Gasteiger partial charge is 0.244 e. The van der Waals surface area contributed by atoms with Crippen LogP contribution in [0.25, 0.3) is 10.9 Å². The van der Waals surface area contributed by atoms with E-state index in [2.05, 4.69) is 43.2 Å². The maximum Gasteiger partial charge on any atom is 0.244 e. The van der Waals surface area contributed by atoms with Crippen molar-refractivity contribution in [3.05, 3.63) is 29.0 Å². The van der Waals surface area contributed by atoms with Gasteiger partial charge in [-0.3, -0.25) is 4.79 Å². The van der Waals surface area contributed by atoms with Crippen molar-refractivity contribution in [1.82, 2.24) is 19.8 Å². The van der Waals surface area contributed by atoms with E-state index < -0.39 is 0 Å². The number of benzene rings is 1. The van der Waals surface area contributed by atoms with Crippen molar-refractivity contribution in [2.75, 3.05) is 38.5 Å². The van der Waals surface area contributed by atoms with E-state index in [0.717, 1.165) is 41.6 Å². The Morgan fingerprint density at radius 3 is 2.74 bits per heavy atom. The van der Waals surface area contributed by atoms with Gasteiger partial charge in [0.05, 0.1) is 5.52 Å². The third-order valence-corrected chi connectivity index (χ3v) is 4.63. The number of nitrogens with one attached hydrogen (secondary N) is 1. The molecule has 122 valence electrons. The average Bonchev–Trinajstić information content (AvgIpc) is 2.55. The molecule has 0 radical (unpaired) electrons. The molecule has 1 N–H and O–H groups in total. The molecule has 3 rings (SSSR count). The Balaban J connectivity index is 1.76. The fourth-order valence-corrected chi connectivity index (χ4v) is 3.07. The van der Waals surface area contributed by atoms with E-state index in [1.165, 1.54) is 6.33 Å². The molecule has 0 aliphatic carbocycles. The number of likely N-dealkylation sites (N-methyl/N-ethyl adjacent to an activating group) is 1. The van der Waals surface area contributed by atoms with Crippen molar-refractivity contribution < 1.29 is 4.79 Å². The van der Waals surface area contributed by atoms with Gasteiger partial charge in [0.15, 0.2) is 0 Å². The summed E-state index contributed by atoms with van der Waals surface area (Å²) in [6, 6.07) is 5.51. The van der Waals surface area contributed by atoms with Crippen LogP contribution in [0.4, 0.5) is 5.82 Å². The Labute approximate surface area is 144 Å². The van der Waals surface area contributed by atoms with Gasteiger partial charge in [-0.05, 0) is 32.2 Å². The molecule has 6 nitrogen and oxygen atoms in total. The summed E-state index contributed by atoms with van der Waals surface area (Å²) in [5.41, 5.74) is 0.852. The molecule has 7 heteroatoms. The molecule has 0 saturated carbocycles. The van der Waals surface area contributed by atoms with Gasteiger partial charge in [0.1, 0.15) is 18.2 Å². The second-order valence-electron chi connectivity index (χ2n) is 5.88. The van der Waals surface area contributed by atoms with Crippen molar-refractivity contribution in [1.29, 1.82) is 0 Å². The van der Waals surface area contributed by atoms with Crippen LogP contribution >= 0.6 is 15.9 Å². The first kappa shape index (κ1) is 16.1. The van der Waals surface area contributed by atoms with Gasteiger partial charge in [-0.2, -0.15) is 0 Å². The Morgan fingerprint density at radius 2 is 2.00 bits per heavy atom. The third kappa shape index (κ3) is 3.61. The highest BCUT2D eigenvalue weighted by molar-refractivity contribution is 9.10. The fraction of sp³-hybridized carbons (Fsp3) is 0.438. The molecule has 1 aliphatic heterocycles. The molecule has 23 heavy (non-hydrogen) atoms. The SMILES string of the molecule is C[C@H](Nc1ncnc2ccc(Br)cc12)C(=O)N1CCN(C)CC1. The predicted octanol–water partition coefficient (Wildman–Crippen LogP) is 1.97. The van der Waals surface area contributed by atoms with Crippen LogP contribution in [0, 0.1) is 0 Å². The number of piperazine rings is 1. The molecular formula is C16H20BrN5O. The minimum absolute atomic E-state index is 0.111. The normalized spacial score (nSPS) is 17.3. The molecule has 1 saturated heterocycles. The number of hydrogen-bond donors (Lipinski definition) is 1. The Bertz CT molecular complexity index is 715. The topological polar surface area (TPSA) is 61.4 Å². The summed E-state index contributed by atoms with van der Waals surface area (Å²) in [6.45, 7) is 5.27. The predicted molar refractivity (Wildman–Crippen MR) is 94.4 cm³/mol. The molecule has 0 spiro atoms. The van der Waals surface area contributed by atoms with E-state index in [1.807, 2.05) is 30.0 Å². The largest absolute Gasteiger partial charge is 0.358 e. The van der Waals surface area contributed by atoms with Crippen LogP contribution in [0.5, 0.6) is 0 Å². The second kappa shape index (κ2) is 6.80.